The van der Waals surface area contributed by atoms with E-state index in [4.69, 9.17) is 11.6 Å². The summed E-state index contributed by atoms with van der Waals surface area (Å²) in [6.45, 7) is 0.788. The van der Waals surface area contributed by atoms with Crippen molar-refractivity contribution in [2.45, 2.75) is 37.1 Å². The molecule has 1 amide bonds. The first-order valence-corrected chi connectivity index (χ1v) is 12.3. The maximum absolute atomic E-state index is 13.9. The number of hydrogen-bond donors (Lipinski definition) is 7. The van der Waals surface area contributed by atoms with Crippen LogP contribution in [0.4, 0.5) is 0 Å². The Morgan fingerprint density at radius 1 is 1.23 bits per heavy atom. The first-order valence-electron chi connectivity index (χ1n) is 11.9. The molecule has 6 atom stereocenters. The van der Waals surface area contributed by atoms with Crippen molar-refractivity contribution in [2.24, 2.45) is 11.8 Å². The first-order chi connectivity index (χ1) is 18.2. The van der Waals surface area contributed by atoms with Gasteiger partial charge in [0.2, 0.25) is 5.78 Å². The molecule has 7 N–H and O–H groups in total. The van der Waals surface area contributed by atoms with E-state index < -0.39 is 94.2 Å². The summed E-state index contributed by atoms with van der Waals surface area (Å²) in [6, 6.07) is -0.0582. The molecular formula is C25H27ClN3NaO10. The molecule has 0 aromatic heterocycles. The SMILES string of the molecule is C[C@H](NCNC(=O)C1=C(O)C2(O)C(=O)C3=C(O)c4c(O)ccc(Cl)c4C(O)C3CC2C(N(C)C)C1=O)C(=O)[O-].[Na+]. The van der Waals surface area contributed by atoms with Crippen molar-refractivity contribution in [3.8, 4) is 5.75 Å². The monoisotopic (exact) mass is 587 g/mol. The fourth-order valence-corrected chi connectivity index (χ4v) is 5.95. The third-order valence-corrected chi connectivity index (χ3v) is 7.96. The molecule has 0 saturated heterocycles. The van der Waals surface area contributed by atoms with Crippen LogP contribution in [0.25, 0.3) is 5.76 Å². The summed E-state index contributed by atoms with van der Waals surface area (Å²) in [5.41, 5.74) is -4.66. The summed E-state index contributed by atoms with van der Waals surface area (Å²) in [7, 11) is 2.91. The molecule has 4 rings (SSSR count). The number of carboxylic acid groups (broad SMARTS) is 1. The molecule has 1 aromatic rings. The number of phenols is 1. The van der Waals surface area contributed by atoms with E-state index in [1.807, 2.05) is 0 Å². The number of ketones is 2. The van der Waals surface area contributed by atoms with E-state index in [1.54, 1.807) is 0 Å². The average Bonchev–Trinajstić information content (AvgIpc) is 2.85. The number of carboxylic acids is 1. The molecule has 40 heavy (non-hydrogen) atoms. The Morgan fingerprint density at radius 2 is 1.85 bits per heavy atom. The molecule has 1 saturated carbocycles. The minimum atomic E-state index is -2.87. The van der Waals surface area contributed by atoms with Crippen LogP contribution in [0.2, 0.25) is 5.02 Å². The van der Waals surface area contributed by atoms with Crippen LogP contribution in [0.15, 0.2) is 29.0 Å². The maximum atomic E-state index is 13.9. The molecule has 5 unspecified atom stereocenters. The number of Topliss-reactive ketones (excluding diaryl/α,β-unsaturated/α-hetero) is 2. The molecule has 3 aliphatic carbocycles. The van der Waals surface area contributed by atoms with Gasteiger partial charge in [-0.3, -0.25) is 24.6 Å². The molecule has 13 nitrogen and oxygen atoms in total. The molecule has 0 bridgehead atoms. The Balaban J connectivity index is 0.00000441. The van der Waals surface area contributed by atoms with Crippen molar-refractivity contribution in [1.29, 1.82) is 0 Å². The zero-order valence-electron chi connectivity index (χ0n) is 22.1. The Labute approximate surface area is 255 Å². The van der Waals surface area contributed by atoms with E-state index in [0.717, 1.165) is 6.07 Å². The standard InChI is InChI=1S/C25H28ClN3O10.Na/c1-8(24(37)38)27-7-28-23(36)16-20(33)17(29(2)3)10-6-9-13(21(34)25(10,39)22(16)35)19(32)15-12(30)5-4-11(26)14(15)18(9)31;/h4-5,8-10,17-18,27,30-32,35,39H,6-7H2,1-3H3,(H,28,36)(H,37,38);/q;+1/p-1/t8-,9?,10?,17?,18?,25?;/m0./s1. The van der Waals surface area contributed by atoms with E-state index in [2.05, 4.69) is 10.6 Å². The van der Waals surface area contributed by atoms with Crippen molar-refractivity contribution >= 4 is 40.8 Å². The van der Waals surface area contributed by atoms with E-state index in [1.165, 1.54) is 32.0 Å². The van der Waals surface area contributed by atoms with E-state index in [0.29, 0.717) is 0 Å². The summed E-state index contributed by atoms with van der Waals surface area (Å²) in [5, 5.41) is 71.0. The van der Waals surface area contributed by atoms with Gasteiger partial charge in [-0.2, -0.15) is 0 Å². The molecule has 0 spiro atoms. The zero-order valence-corrected chi connectivity index (χ0v) is 24.8. The van der Waals surface area contributed by atoms with Gasteiger partial charge in [-0.15, -0.1) is 0 Å². The number of fused-ring (bicyclic) bond motifs is 3. The van der Waals surface area contributed by atoms with Crippen LogP contribution < -0.4 is 45.3 Å². The number of aliphatic carboxylic acids is 1. The zero-order chi connectivity index (χ0) is 29.1. The average molecular weight is 588 g/mol. The molecule has 15 heteroatoms. The molecule has 0 radical (unpaired) electrons. The predicted molar refractivity (Wildman–Crippen MR) is 132 cm³/mol. The van der Waals surface area contributed by atoms with Crippen LogP contribution in [-0.2, 0) is 19.2 Å². The van der Waals surface area contributed by atoms with E-state index in [-0.39, 0.29) is 52.1 Å². The quantitative estimate of drug-likeness (QED) is 0.0950. The van der Waals surface area contributed by atoms with Crippen molar-refractivity contribution in [1.82, 2.24) is 15.5 Å². The normalized spacial score (nSPS) is 28.4. The van der Waals surface area contributed by atoms with Crippen LogP contribution in [0.5, 0.6) is 5.75 Å². The number of carbonyl (C=O) groups excluding carboxylic acids is 4. The van der Waals surface area contributed by atoms with Gasteiger partial charge in [0, 0.05) is 34.0 Å². The first kappa shape index (κ1) is 32.0. The summed E-state index contributed by atoms with van der Waals surface area (Å²) in [4.78, 5) is 52.6. The molecular weight excluding hydrogens is 561 g/mol. The van der Waals surface area contributed by atoms with Crippen LogP contribution in [-0.4, -0.2) is 92.3 Å². The van der Waals surface area contributed by atoms with Gasteiger partial charge in [-0.05, 0) is 39.6 Å². The van der Waals surface area contributed by atoms with Crippen molar-refractivity contribution in [2.75, 3.05) is 20.8 Å². The van der Waals surface area contributed by atoms with E-state index >= 15 is 0 Å². The number of hydrogen-bond acceptors (Lipinski definition) is 12. The van der Waals surface area contributed by atoms with Gasteiger partial charge in [-0.1, -0.05) is 11.6 Å². The number of aromatic hydroxyl groups is 1. The van der Waals surface area contributed by atoms with Crippen molar-refractivity contribution in [3.63, 3.8) is 0 Å². The number of nitrogens with zero attached hydrogens (tertiary/aromatic N) is 1. The topological polar surface area (TPSA) is 220 Å². The number of amides is 1. The molecule has 210 valence electrons. The van der Waals surface area contributed by atoms with Crippen LogP contribution in [0.3, 0.4) is 0 Å². The summed E-state index contributed by atoms with van der Waals surface area (Å²) in [6.07, 6.45) is -1.82. The van der Waals surface area contributed by atoms with Gasteiger partial charge in [0.15, 0.2) is 11.4 Å². The molecule has 3 aliphatic rings. The second kappa shape index (κ2) is 11.4. The third kappa shape index (κ3) is 4.73. The summed E-state index contributed by atoms with van der Waals surface area (Å²) >= 11 is 6.23. The van der Waals surface area contributed by atoms with Gasteiger partial charge < -0.3 is 40.8 Å². The van der Waals surface area contributed by atoms with Gasteiger partial charge in [0.1, 0.15) is 22.8 Å². The van der Waals surface area contributed by atoms with Gasteiger partial charge in [0.25, 0.3) is 5.91 Å². The summed E-state index contributed by atoms with van der Waals surface area (Å²) < 4.78 is 0. The molecule has 0 heterocycles. The number of benzene rings is 1. The fourth-order valence-electron chi connectivity index (χ4n) is 5.68. The summed E-state index contributed by atoms with van der Waals surface area (Å²) in [5.74, 6) is -9.90. The smallest absolute Gasteiger partial charge is 0.548 e. The van der Waals surface area contributed by atoms with Crippen LogP contribution in [0.1, 0.15) is 30.6 Å². The van der Waals surface area contributed by atoms with Gasteiger partial charge in [-0.25, -0.2) is 0 Å². The minimum Gasteiger partial charge on any atom is -0.548 e. The number of phenolic OH excluding ortho intramolecular Hbond substituents is 1. The Bertz CT molecular complexity index is 1360. The second-order valence-electron chi connectivity index (χ2n) is 10.0. The number of halogens is 1. The number of nitrogens with one attached hydrogen (secondary N) is 2. The van der Waals surface area contributed by atoms with Gasteiger partial charge >= 0.3 is 29.6 Å². The largest absolute Gasteiger partial charge is 1.00 e. The van der Waals surface area contributed by atoms with Crippen LogP contribution >= 0.6 is 11.6 Å². The van der Waals surface area contributed by atoms with E-state index in [9.17, 15) is 49.8 Å². The second-order valence-corrected chi connectivity index (χ2v) is 10.4. The number of aliphatic hydroxyl groups excluding tert-OH is 3. The molecule has 0 aliphatic heterocycles. The molecule has 1 fully saturated rings. The number of carbonyl (C=O) groups is 4. The predicted octanol–water partition coefficient (Wildman–Crippen LogP) is -4.57. The number of aliphatic hydroxyl groups is 4. The Kier molecular flexibility index (Phi) is 9.14. The molecule has 1 aromatic carbocycles. The number of likely N-dealkylation sites (N-methyl/N-ethyl adjacent to an activating group) is 1. The third-order valence-electron chi connectivity index (χ3n) is 7.63. The van der Waals surface area contributed by atoms with Crippen molar-refractivity contribution in [3.05, 3.63) is 45.2 Å². The Morgan fingerprint density at radius 3 is 2.42 bits per heavy atom. The van der Waals surface area contributed by atoms with Crippen molar-refractivity contribution < 1.29 is 79.4 Å². The van der Waals surface area contributed by atoms with Crippen LogP contribution in [0, 0.1) is 11.8 Å². The van der Waals surface area contributed by atoms with Gasteiger partial charge in [0.05, 0.1) is 30.3 Å². The Hall–Kier alpha value is -2.49. The maximum Gasteiger partial charge on any atom is 1.00 e. The minimum absolute atomic E-state index is 0. The number of rotatable bonds is 6. The fraction of sp³-hybridized carbons (Fsp3) is 0.440.